The molecule has 0 spiro atoms. The summed E-state index contributed by atoms with van der Waals surface area (Å²) in [6.07, 6.45) is 0.345. The molecule has 1 heterocycles. The van der Waals surface area contributed by atoms with Crippen LogP contribution in [0.3, 0.4) is 0 Å². The van der Waals surface area contributed by atoms with E-state index >= 15 is 0 Å². The van der Waals surface area contributed by atoms with Crippen molar-refractivity contribution in [1.29, 1.82) is 0 Å². The molecule has 1 aromatic rings. The molecule has 1 aromatic carbocycles. The molecular weight excluding hydrogens is 606 g/mol. The lowest BCUT2D eigenvalue weighted by molar-refractivity contribution is -0.155. The summed E-state index contributed by atoms with van der Waals surface area (Å²) in [7, 11) is 1.46. The Balaban J connectivity index is 2.19. The van der Waals surface area contributed by atoms with Crippen LogP contribution in [0.1, 0.15) is 86.1 Å². The first-order chi connectivity index (χ1) is 22.0. The molecule has 0 aliphatic carbocycles. The minimum atomic E-state index is -1.21. The molecule has 4 N–H and O–H groups in total. The van der Waals surface area contributed by atoms with Gasteiger partial charge in [0.15, 0.2) is 0 Å². The molecule has 0 bridgehead atoms. The zero-order chi connectivity index (χ0) is 35.3. The monoisotopic (exact) mass is 659 g/mol. The maximum absolute atomic E-state index is 13.7. The van der Waals surface area contributed by atoms with Crippen LogP contribution >= 0.6 is 0 Å². The highest BCUT2D eigenvalue weighted by Gasteiger charge is 2.38. The van der Waals surface area contributed by atoms with E-state index in [0.29, 0.717) is 19.4 Å². The highest BCUT2D eigenvalue weighted by Crippen LogP contribution is 2.20. The zero-order valence-electron chi connectivity index (χ0n) is 29.0. The molecule has 1 aliphatic heterocycles. The van der Waals surface area contributed by atoms with Gasteiger partial charge < -0.3 is 30.7 Å². The van der Waals surface area contributed by atoms with Crippen molar-refractivity contribution in [3.63, 3.8) is 0 Å². The number of hydrogen-bond acceptors (Lipinski definition) is 8. The second-order valence-corrected chi connectivity index (χ2v) is 13.6. The van der Waals surface area contributed by atoms with Gasteiger partial charge in [-0.25, -0.2) is 4.79 Å². The number of rotatable bonds is 15. The predicted molar refractivity (Wildman–Crippen MR) is 176 cm³/mol. The second kappa shape index (κ2) is 18.2. The number of hydrogen-bond donors (Lipinski definition) is 4. The van der Waals surface area contributed by atoms with Gasteiger partial charge in [-0.2, -0.15) is 0 Å². The fraction of sp³-hybridized carbons (Fsp3) is 0.647. The highest BCUT2D eigenvalue weighted by atomic mass is 16.6. The molecule has 1 fully saturated rings. The second-order valence-electron chi connectivity index (χ2n) is 13.6. The molecule has 5 amide bonds. The fourth-order valence-corrected chi connectivity index (χ4v) is 5.17. The number of carbonyl (C=O) groups excluding carboxylic acids is 6. The van der Waals surface area contributed by atoms with E-state index in [0.717, 1.165) is 5.56 Å². The van der Waals surface area contributed by atoms with E-state index in [2.05, 4.69) is 21.3 Å². The average Bonchev–Trinajstić information content (AvgIpc) is 3.49. The zero-order valence-corrected chi connectivity index (χ0v) is 29.0. The summed E-state index contributed by atoms with van der Waals surface area (Å²) >= 11 is 0. The van der Waals surface area contributed by atoms with Crippen molar-refractivity contribution < 1.29 is 38.2 Å². The SMILES string of the molecule is CNC(=O)[C@@H](NC(=O)[C@H](CCC(=O)OC(C)(C)C)NC(=O)[C@H](CC(C)C)NC(=O)[C@@H]1CCCN1C(=O)OCc1ccccc1)C(C)C. The average molecular weight is 660 g/mol. The van der Waals surface area contributed by atoms with Crippen LogP contribution in [0.25, 0.3) is 0 Å². The molecule has 0 unspecified atom stereocenters. The normalized spacial score (nSPS) is 16.6. The van der Waals surface area contributed by atoms with Crippen LogP contribution in [-0.2, 0) is 40.1 Å². The molecule has 13 nitrogen and oxygen atoms in total. The largest absolute Gasteiger partial charge is 0.460 e. The van der Waals surface area contributed by atoms with Crippen molar-refractivity contribution >= 4 is 35.7 Å². The molecule has 262 valence electrons. The molecule has 2 rings (SSSR count). The smallest absolute Gasteiger partial charge is 0.410 e. The number of esters is 1. The number of nitrogens with one attached hydrogen (secondary N) is 4. The van der Waals surface area contributed by atoms with Gasteiger partial charge >= 0.3 is 12.1 Å². The van der Waals surface area contributed by atoms with E-state index in [1.54, 1.807) is 34.6 Å². The Labute approximate surface area is 278 Å². The van der Waals surface area contributed by atoms with Crippen LogP contribution in [0.5, 0.6) is 0 Å². The Kier molecular flexibility index (Phi) is 15.2. The number of carbonyl (C=O) groups is 6. The molecule has 4 atom stereocenters. The van der Waals surface area contributed by atoms with E-state index in [4.69, 9.17) is 9.47 Å². The molecule has 1 aliphatic rings. The third-order valence-corrected chi connectivity index (χ3v) is 7.52. The van der Waals surface area contributed by atoms with Crippen molar-refractivity contribution in [2.24, 2.45) is 11.8 Å². The number of ether oxygens (including phenoxy) is 2. The van der Waals surface area contributed by atoms with Gasteiger partial charge in [0.1, 0.15) is 36.4 Å². The van der Waals surface area contributed by atoms with Crippen molar-refractivity contribution in [2.75, 3.05) is 13.6 Å². The number of benzene rings is 1. The van der Waals surface area contributed by atoms with Gasteiger partial charge in [0.2, 0.25) is 23.6 Å². The van der Waals surface area contributed by atoms with Crippen LogP contribution in [0.15, 0.2) is 30.3 Å². The van der Waals surface area contributed by atoms with Gasteiger partial charge in [0, 0.05) is 20.0 Å². The van der Waals surface area contributed by atoms with Crippen LogP contribution < -0.4 is 21.3 Å². The van der Waals surface area contributed by atoms with E-state index in [-0.39, 0.29) is 37.7 Å². The summed E-state index contributed by atoms with van der Waals surface area (Å²) in [6.45, 7) is 12.9. The number of amides is 5. The summed E-state index contributed by atoms with van der Waals surface area (Å²) < 4.78 is 10.8. The summed E-state index contributed by atoms with van der Waals surface area (Å²) in [5, 5.41) is 10.7. The molecular formula is C34H53N5O8. The van der Waals surface area contributed by atoms with Gasteiger partial charge in [0.05, 0.1) is 0 Å². The number of likely N-dealkylation sites (tertiary alicyclic amines) is 1. The predicted octanol–water partition coefficient (Wildman–Crippen LogP) is 2.81. The number of likely N-dealkylation sites (N-methyl/N-ethyl adjacent to an activating group) is 1. The fourth-order valence-electron chi connectivity index (χ4n) is 5.17. The Hall–Kier alpha value is -4.16. The molecule has 0 saturated carbocycles. The lowest BCUT2D eigenvalue weighted by Gasteiger charge is -2.29. The quantitative estimate of drug-likeness (QED) is 0.208. The Morgan fingerprint density at radius 3 is 2.11 bits per heavy atom. The molecule has 1 saturated heterocycles. The topological polar surface area (TPSA) is 172 Å². The van der Waals surface area contributed by atoms with Gasteiger partial charge in [-0.15, -0.1) is 0 Å². The molecule has 47 heavy (non-hydrogen) atoms. The van der Waals surface area contributed by atoms with Crippen LogP contribution in [0.2, 0.25) is 0 Å². The Bertz CT molecular complexity index is 1230. The minimum Gasteiger partial charge on any atom is -0.460 e. The van der Waals surface area contributed by atoms with E-state index in [9.17, 15) is 28.8 Å². The first-order valence-electron chi connectivity index (χ1n) is 16.3. The van der Waals surface area contributed by atoms with Crippen molar-refractivity contribution in [1.82, 2.24) is 26.2 Å². The molecule has 13 heteroatoms. The first-order valence-corrected chi connectivity index (χ1v) is 16.3. The van der Waals surface area contributed by atoms with Gasteiger partial charge in [-0.3, -0.25) is 28.9 Å². The molecule has 0 radical (unpaired) electrons. The van der Waals surface area contributed by atoms with E-state index in [1.165, 1.54) is 11.9 Å². The van der Waals surface area contributed by atoms with Crippen LogP contribution in [0, 0.1) is 11.8 Å². The third kappa shape index (κ3) is 13.2. The maximum Gasteiger partial charge on any atom is 0.410 e. The Morgan fingerprint density at radius 1 is 0.894 bits per heavy atom. The summed E-state index contributed by atoms with van der Waals surface area (Å²) in [6, 6.07) is 5.25. The summed E-state index contributed by atoms with van der Waals surface area (Å²) in [5.74, 6) is -3.02. The Morgan fingerprint density at radius 2 is 1.53 bits per heavy atom. The van der Waals surface area contributed by atoms with Gasteiger partial charge in [-0.05, 0) is 63.9 Å². The summed E-state index contributed by atoms with van der Waals surface area (Å²) in [4.78, 5) is 79.9. The highest BCUT2D eigenvalue weighted by molar-refractivity contribution is 5.95. The number of nitrogens with zero attached hydrogens (tertiary/aromatic N) is 1. The van der Waals surface area contributed by atoms with Gasteiger partial charge in [0.25, 0.3) is 0 Å². The lowest BCUT2D eigenvalue weighted by Crippen LogP contribution is -2.58. The van der Waals surface area contributed by atoms with Gasteiger partial charge in [-0.1, -0.05) is 58.0 Å². The summed E-state index contributed by atoms with van der Waals surface area (Å²) in [5.41, 5.74) is 0.0735. The third-order valence-electron chi connectivity index (χ3n) is 7.52. The van der Waals surface area contributed by atoms with Crippen molar-refractivity contribution in [3.05, 3.63) is 35.9 Å². The lowest BCUT2D eigenvalue weighted by atomic mass is 10.0. The van der Waals surface area contributed by atoms with Crippen molar-refractivity contribution in [3.8, 4) is 0 Å². The van der Waals surface area contributed by atoms with Crippen LogP contribution in [0.4, 0.5) is 4.79 Å². The maximum atomic E-state index is 13.7. The van der Waals surface area contributed by atoms with Crippen molar-refractivity contribution in [2.45, 2.75) is 117 Å². The first kappa shape index (κ1) is 39.0. The van der Waals surface area contributed by atoms with E-state index < -0.39 is 65.5 Å². The van der Waals surface area contributed by atoms with E-state index in [1.807, 2.05) is 44.2 Å². The minimum absolute atomic E-state index is 0.0193. The standard InChI is InChI=1S/C34H53N5O8/c1-21(2)19-25(37-31(43)26-15-12-18-39(26)33(45)46-20-23-13-10-9-11-14-23)30(42)36-24(16-17-27(40)47-34(5,6)7)29(41)38-28(22(3)4)32(44)35-8/h9-11,13-14,21-22,24-26,28H,12,15-20H2,1-8H3,(H,35,44)(H,36,42)(H,37,43)(H,38,41)/t24-,25-,26-,28-/m0/s1. The molecule has 0 aromatic heterocycles. The van der Waals surface area contributed by atoms with Crippen LogP contribution in [-0.4, -0.2) is 84.0 Å².